The molecule has 22 heavy (non-hydrogen) atoms. The molecule has 0 fully saturated rings. The molecule has 0 saturated heterocycles. The summed E-state index contributed by atoms with van der Waals surface area (Å²) in [5.74, 6) is 0.670. The highest BCUT2D eigenvalue weighted by Crippen LogP contribution is 2.29. The van der Waals surface area contributed by atoms with E-state index in [2.05, 4.69) is 24.1 Å². The third-order valence-corrected chi connectivity index (χ3v) is 3.51. The molecule has 1 aromatic rings. The van der Waals surface area contributed by atoms with E-state index < -0.39 is 0 Å². The molecule has 0 unspecified atom stereocenters. The number of nitro benzene ring substituents is 1. The van der Waals surface area contributed by atoms with E-state index in [0.29, 0.717) is 24.6 Å². The van der Waals surface area contributed by atoms with Crippen LogP contribution in [-0.4, -0.2) is 42.6 Å². The number of anilines is 1. The fourth-order valence-electron chi connectivity index (χ4n) is 2.18. The fraction of sp³-hybridized carbons (Fsp3) is 0.625. The van der Waals surface area contributed by atoms with Gasteiger partial charge in [-0.15, -0.1) is 0 Å². The van der Waals surface area contributed by atoms with E-state index in [-0.39, 0.29) is 10.6 Å². The first kappa shape index (κ1) is 18.2. The van der Waals surface area contributed by atoms with Crippen LogP contribution in [0.5, 0.6) is 5.75 Å². The highest BCUT2D eigenvalue weighted by atomic mass is 16.6. The maximum atomic E-state index is 11.0. The number of nitro groups is 1. The first-order valence-electron chi connectivity index (χ1n) is 7.99. The third-order valence-electron chi connectivity index (χ3n) is 3.51. The Balaban J connectivity index is 2.58. The van der Waals surface area contributed by atoms with Crippen molar-refractivity contribution in [3.05, 3.63) is 28.3 Å². The van der Waals surface area contributed by atoms with Crippen LogP contribution in [0.4, 0.5) is 11.4 Å². The lowest BCUT2D eigenvalue weighted by molar-refractivity contribution is -0.384. The van der Waals surface area contributed by atoms with Gasteiger partial charge in [-0.3, -0.25) is 10.1 Å². The molecule has 0 atom stereocenters. The Morgan fingerprint density at radius 3 is 2.59 bits per heavy atom. The second-order valence-electron chi connectivity index (χ2n) is 5.09. The molecule has 6 nitrogen and oxygen atoms in total. The summed E-state index contributed by atoms with van der Waals surface area (Å²) >= 11 is 0. The molecule has 0 amide bonds. The topological polar surface area (TPSA) is 67.6 Å². The predicted molar refractivity (Wildman–Crippen MR) is 89.8 cm³/mol. The standard InChI is InChI=1S/C16H27N3O3/c1-4-10-17-15-13-14(8-9-16(15)19(20)21)22-12-7-11-18(5-2)6-3/h8-9,13,17H,4-7,10-12H2,1-3H3. The van der Waals surface area contributed by atoms with Crippen molar-refractivity contribution in [2.75, 3.05) is 38.1 Å². The van der Waals surface area contributed by atoms with E-state index in [0.717, 1.165) is 32.5 Å². The summed E-state index contributed by atoms with van der Waals surface area (Å²) < 4.78 is 5.71. The van der Waals surface area contributed by atoms with Gasteiger partial charge in [0.25, 0.3) is 5.69 Å². The van der Waals surface area contributed by atoms with Crippen LogP contribution in [0.1, 0.15) is 33.6 Å². The van der Waals surface area contributed by atoms with Gasteiger partial charge < -0.3 is 15.0 Å². The van der Waals surface area contributed by atoms with Gasteiger partial charge in [-0.1, -0.05) is 20.8 Å². The maximum absolute atomic E-state index is 11.0. The molecule has 0 aliphatic heterocycles. The zero-order valence-corrected chi connectivity index (χ0v) is 13.8. The summed E-state index contributed by atoms with van der Waals surface area (Å²) in [7, 11) is 0. The zero-order chi connectivity index (χ0) is 16.4. The van der Waals surface area contributed by atoms with Gasteiger partial charge in [0.1, 0.15) is 11.4 Å². The molecule has 1 aromatic carbocycles. The van der Waals surface area contributed by atoms with Gasteiger partial charge in [0, 0.05) is 25.2 Å². The number of rotatable bonds is 11. The Morgan fingerprint density at radius 2 is 2.00 bits per heavy atom. The first-order valence-corrected chi connectivity index (χ1v) is 7.99. The van der Waals surface area contributed by atoms with Crippen LogP contribution in [0.2, 0.25) is 0 Å². The van der Waals surface area contributed by atoms with E-state index in [4.69, 9.17) is 4.74 Å². The van der Waals surface area contributed by atoms with Gasteiger partial charge in [-0.25, -0.2) is 0 Å². The van der Waals surface area contributed by atoms with Crippen LogP contribution in [-0.2, 0) is 0 Å². The summed E-state index contributed by atoms with van der Waals surface area (Å²) in [5.41, 5.74) is 0.608. The van der Waals surface area contributed by atoms with Crippen LogP contribution in [0.3, 0.4) is 0 Å². The minimum absolute atomic E-state index is 0.0870. The summed E-state index contributed by atoms with van der Waals surface area (Å²) in [4.78, 5) is 13.0. The number of hydrogen-bond acceptors (Lipinski definition) is 5. The molecule has 0 aliphatic rings. The van der Waals surface area contributed by atoms with Gasteiger partial charge in [0.15, 0.2) is 0 Å². The second kappa shape index (κ2) is 10.00. The van der Waals surface area contributed by atoms with E-state index in [1.165, 1.54) is 6.07 Å². The second-order valence-corrected chi connectivity index (χ2v) is 5.09. The van der Waals surface area contributed by atoms with E-state index in [1.54, 1.807) is 12.1 Å². The number of hydrogen-bond donors (Lipinski definition) is 1. The third kappa shape index (κ3) is 5.89. The molecular weight excluding hydrogens is 282 g/mol. The lowest BCUT2D eigenvalue weighted by Crippen LogP contribution is -2.25. The minimum atomic E-state index is -0.373. The van der Waals surface area contributed by atoms with Crippen molar-refractivity contribution in [1.29, 1.82) is 0 Å². The molecule has 0 aromatic heterocycles. The van der Waals surface area contributed by atoms with Gasteiger partial charge in [0.05, 0.1) is 11.5 Å². The molecule has 1 N–H and O–H groups in total. The average molecular weight is 309 g/mol. The summed E-state index contributed by atoms with van der Waals surface area (Å²) in [6.45, 7) is 10.7. The van der Waals surface area contributed by atoms with Crippen LogP contribution >= 0.6 is 0 Å². The lowest BCUT2D eigenvalue weighted by atomic mass is 10.2. The van der Waals surface area contributed by atoms with Crippen LogP contribution in [0.25, 0.3) is 0 Å². The molecule has 0 aliphatic carbocycles. The quantitative estimate of drug-likeness (QED) is 0.385. The Morgan fingerprint density at radius 1 is 1.27 bits per heavy atom. The lowest BCUT2D eigenvalue weighted by Gasteiger charge is -2.17. The number of nitrogens with zero attached hydrogens (tertiary/aromatic N) is 2. The van der Waals surface area contributed by atoms with Crippen molar-refractivity contribution < 1.29 is 9.66 Å². The van der Waals surface area contributed by atoms with E-state index >= 15 is 0 Å². The van der Waals surface area contributed by atoms with E-state index in [1.807, 2.05) is 6.92 Å². The van der Waals surface area contributed by atoms with Gasteiger partial charge in [-0.05, 0) is 32.0 Å². The summed E-state index contributed by atoms with van der Waals surface area (Å²) in [5, 5.41) is 14.1. The van der Waals surface area contributed by atoms with Gasteiger partial charge >= 0.3 is 0 Å². The molecule has 0 bridgehead atoms. The van der Waals surface area contributed by atoms with Crippen LogP contribution < -0.4 is 10.1 Å². The van der Waals surface area contributed by atoms with Crippen LogP contribution in [0.15, 0.2) is 18.2 Å². The molecule has 1 rings (SSSR count). The SMILES string of the molecule is CCCNc1cc(OCCCN(CC)CC)ccc1[N+](=O)[O-]. The highest BCUT2D eigenvalue weighted by molar-refractivity contribution is 5.64. The van der Waals surface area contributed by atoms with Gasteiger partial charge in [0.2, 0.25) is 0 Å². The molecule has 6 heteroatoms. The highest BCUT2D eigenvalue weighted by Gasteiger charge is 2.14. The molecule has 0 heterocycles. The zero-order valence-electron chi connectivity index (χ0n) is 13.8. The summed E-state index contributed by atoms with van der Waals surface area (Å²) in [6, 6.07) is 4.87. The normalized spacial score (nSPS) is 10.7. The Bertz CT molecular complexity index is 462. The first-order chi connectivity index (χ1) is 10.6. The van der Waals surface area contributed by atoms with Crippen LogP contribution in [0, 0.1) is 10.1 Å². The average Bonchev–Trinajstić information content (AvgIpc) is 2.53. The monoisotopic (exact) mass is 309 g/mol. The molecule has 0 radical (unpaired) electrons. The van der Waals surface area contributed by atoms with E-state index in [9.17, 15) is 10.1 Å². The fourth-order valence-corrected chi connectivity index (χ4v) is 2.18. The van der Waals surface area contributed by atoms with Crippen molar-refractivity contribution in [1.82, 2.24) is 4.90 Å². The van der Waals surface area contributed by atoms with Crippen molar-refractivity contribution >= 4 is 11.4 Å². The van der Waals surface area contributed by atoms with Gasteiger partial charge in [-0.2, -0.15) is 0 Å². The Labute approximate surface area is 132 Å². The predicted octanol–water partition coefficient (Wildman–Crippen LogP) is 3.53. The molecule has 0 saturated carbocycles. The molecular formula is C16H27N3O3. The van der Waals surface area contributed by atoms with Crippen molar-refractivity contribution in [3.8, 4) is 5.75 Å². The molecule has 124 valence electrons. The smallest absolute Gasteiger partial charge is 0.292 e. The van der Waals surface area contributed by atoms with Crippen molar-refractivity contribution in [3.63, 3.8) is 0 Å². The van der Waals surface area contributed by atoms with Crippen molar-refractivity contribution in [2.24, 2.45) is 0 Å². The number of ether oxygens (including phenoxy) is 1. The number of nitrogens with one attached hydrogen (secondary N) is 1. The Kier molecular flexibility index (Phi) is 8.28. The maximum Gasteiger partial charge on any atom is 0.292 e. The summed E-state index contributed by atoms with van der Waals surface area (Å²) in [6.07, 6.45) is 1.85. The minimum Gasteiger partial charge on any atom is -0.493 e. The number of benzene rings is 1. The van der Waals surface area contributed by atoms with Crippen molar-refractivity contribution in [2.45, 2.75) is 33.6 Å². The Hall–Kier alpha value is -1.82. The largest absolute Gasteiger partial charge is 0.493 e. The molecule has 0 spiro atoms.